The van der Waals surface area contributed by atoms with E-state index in [2.05, 4.69) is 81.1 Å². The van der Waals surface area contributed by atoms with Crippen LogP contribution in [0.15, 0.2) is 41.9 Å². The van der Waals surface area contributed by atoms with Gasteiger partial charge in [0.25, 0.3) is 5.91 Å². The number of fused-ring (bicyclic) bond motifs is 6. The molecule has 1 aliphatic carbocycles. The first-order valence-electron chi connectivity index (χ1n) is 19.4. The molecule has 1 saturated heterocycles. The second-order valence-corrected chi connectivity index (χ2v) is 17.4. The molecule has 288 valence electrons. The molecular weight excluding hydrogens is 701 g/mol. The number of rotatable bonds is 7. The van der Waals surface area contributed by atoms with E-state index in [0.29, 0.717) is 37.6 Å². The maximum Gasteiger partial charge on any atom is 0.324 e. The minimum Gasteiger partial charge on any atom is -0.464 e. The van der Waals surface area contributed by atoms with Crippen LogP contribution in [0.3, 0.4) is 0 Å². The first-order valence-corrected chi connectivity index (χ1v) is 20.3. The standard InChI is InChI=1S/C42H54N6O5S/c1-9-47-33-15-14-26-18-28(33)29(38(47)27-12-10-16-43-37(27)25(5)52-8)20-42(6,7)22-53-41(51)30-13-11-17-48(46-30)40(50)31(19-34-44-32(26)21-54-34)45-39(49)36-24(4)35(36)23(2)3/h10,12,14-16,18,21,23-25,30-31,35-36,46H,9,11,13,17,19-20,22H2,1-8H3,(H,45,49)/t24-,25-,30-,31-,35?,36+/m0/s1. The second-order valence-electron chi connectivity index (χ2n) is 16.5. The molecule has 1 aromatic carbocycles. The molecule has 2 amide bonds. The summed E-state index contributed by atoms with van der Waals surface area (Å²) >= 11 is 1.49. The molecule has 3 aliphatic rings. The molecule has 0 radical (unpaired) electrons. The van der Waals surface area contributed by atoms with Gasteiger partial charge in [0.05, 0.1) is 34.8 Å². The highest BCUT2D eigenvalue weighted by atomic mass is 32.1. The van der Waals surface area contributed by atoms with Crippen molar-refractivity contribution in [2.75, 3.05) is 20.3 Å². The zero-order chi connectivity index (χ0) is 38.5. The lowest BCUT2D eigenvalue weighted by Gasteiger charge is -2.35. The highest BCUT2D eigenvalue weighted by Gasteiger charge is 2.53. The van der Waals surface area contributed by atoms with Crippen molar-refractivity contribution >= 4 is 40.0 Å². The van der Waals surface area contributed by atoms with Crippen LogP contribution in [-0.2, 0) is 43.2 Å². The Labute approximate surface area is 322 Å². The summed E-state index contributed by atoms with van der Waals surface area (Å²) in [4.78, 5) is 51.4. The Morgan fingerprint density at radius 3 is 2.72 bits per heavy atom. The second kappa shape index (κ2) is 15.2. The Hall–Kier alpha value is -4.13. The summed E-state index contributed by atoms with van der Waals surface area (Å²) in [6.07, 6.45) is 3.64. The molecule has 2 fully saturated rings. The molecule has 0 spiro atoms. The molecular formula is C42H54N6O5S. The Kier molecular flexibility index (Phi) is 10.7. The lowest BCUT2D eigenvalue weighted by atomic mass is 9.84. The third-order valence-electron chi connectivity index (χ3n) is 11.7. The molecule has 6 atom stereocenters. The number of thiazole rings is 1. The Bertz CT molecular complexity index is 2050. The normalized spacial score (nSPS) is 25.0. The number of hydrazine groups is 1. The Balaban J connectivity index is 1.33. The summed E-state index contributed by atoms with van der Waals surface area (Å²) < 4.78 is 14.2. The monoisotopic (exact) mass is 754 g/mol. The van der Waals surface area contributed by atoms with Crippen molar-refractivity contribution in [1.29, 1.82) is 0 Å². The van der Waals surface area contributed by atoms with Crippen molar-refractivity contribution in [3.8, 4) is 22.5 Å². The van der Waals surface area contributed by atoms with E-state index in [0.717, 1.165) is 56.2 Å². The van der Waals surface area contributed by atoms with Gasteiger partial charge < -0.3 is 19.4 Å². The molecule has 1 saturated carbocycles. The number of amides is 2. The predicted molar refractivity (Wildman–Crippen MR) is 210 cm³/mol. The molecule has 5 heterocycles. The summed E-state index contributed by atoms with van der Waals surface area (Å²) in [6.45, 7) is 16.2. The van der Waals surface area contributed by atoms with Crippen molar-refractivity contribution in [1.82, 2.24) is 30.3 Å². The number of nitrogens with zero attached hydrogens (tertiary/aromatic N) is 4. The van der Waals surface area contributed by atoms with Gasteiger partial charge in [-0.25, -0.2) is 10.4 Å². The van der Waals surface area contributed by atoms with Crippen molar-refractivity contribution in [2.45, 2.75) is 98.9 Å². The third-order valence-corrected chi connectivity index (χ3v) is 12.5. The van der Waals surface area contributed by atoms with Gasteiger partial charge in [0, 0.05) is 71.6 Å². The summed E-state index contributed by atoms with van der Waals surface area (Å²) in [7, 11) is 1.70. The molecule has 2 aliphatic heterocycles. The predicted octanol–water partition coefficient (Wildman–Crippen LogP) is 6.74. The summed E-state index contributed by atoms with van der Waals surface area (Å²) in [5, 5.41) is 8.52. The SMILES string of the molecule is CCn1c(-c2cccnc2[C@H](C)OC)c2c3cc(ccc31)-c1csc(n1)C[C@H](NC(=O)[C@H]1C(C(C)C)[C@@H]1C)C(=O)N1CCC[C@H](N1)C(=O)OCC(C)(C)C2. The molecule has 54 heavy (non-hydrogen) atoms. The minimum atomic E-state index is -0.837. The molecule has 3 aromatic heterocycles. The van der Waals surface area contributed by atoms with Crippen molar-refractivity contribution in [3.63, 3.8) is 0 Å². The number of benzene rings is 1. The summed E-state index contributed by atoms with van der Waals surface area (Å²) in [6, 6.07) is 9.05. The smallest absolute Gasteiger partial charge is 0.324 e. The number of hydrogen-bond donors (Lipinski definition) is 2. The van der Waals surface area contributed by atoms with Gasteiger partial charge in [0.2, 0.25) is 5.91 Å². The van der Waals surface area contributed by atoms with Crippen LogP contribution in [-0.4, -0.2) is 69.7 Å². The fourth-order valence-corrected chi connectivity index (χ4v) is 9.61. The van der Waals surface area contributed by atoms with Crippen LogP contribution in [0.2, 0.25) is 0 Å². The van der Waals surface area contributed by atoms with Crippen LogP contribution in [0, 0.1) is 29.1 Å². The first kappa shape index (κ1) is 38.2. The van der Waals surface area contributed by atoms with Gasteiger partial charge in [-0.1, -0.05) is 40.7 Å². The maximum atomic E-state index is 14.2. The molecule has 11 nitrogen and oxygen atoms in total. The maximum absolute atomic E-state index is 14.2. The van der Waals surface area contributed by atoms with Crippen LogP contribution in [0.1, 0.15) is 83.7 Å². The number of cyclic esters (lactones) is 1. The highest BCUT2D eigenvalue weighted by molar-refractivity contribution is 7.10. The first-order chi connectivity index (χ1) is 25.8. The van der Waals surface area contributed by atoms with Gasteiger partial charge in [-0.15, -0.1) is 11.3 Å². The number of esters is 1. The Morgan fingerprint density at radius 1 is 1.20 bits per heavy atom. The van der Waals surface area contributed by atoms with Crippen molar-refractivity contribution in [3.05, 3.63) is 58.2 Å². The van der Waals surface area contributed by atoms with E-state index in [1.165, 1.54) is 16.3 Å². The van der Waals surface area contributed by atoms with E-state index >= 15 is 0 Å². The van der Waals surface area contributed by atoms with E-state index < -0.39 is 17.5 Å². The van der Waals surface area contributed by atoms with Crippen LogP contribution in [0.25, 0.3) is 33.4 Å². The number of aryl methyl sites for hydroxylation is 1. The lowest BCUT2D eigenvalue weighted by Crippen LogP contribution is -2.60. The topological polar surface area (TPSA) is 128 Å². The number of carbonyl (C=O) groups excluding carboxylic acids is 3. The number of hydrogen-bond acceptors (Lipinski definition) is 9. The highest BCUT2D eigenvalue weighted by Crippen LogP contribution is 2.50. The summed E-state index contributed by atoms with van der Waals surface area (Å²) in [5.74, 6) is 0.0455. The minimum absolute atomic E-state index is 0.0976. The fraction of sp³-hybridized carbons (Fsp3) is 0.548. The number of pyridine rings is 1. The average Bonchev–Trinajstić information content (AvgIpc) is 3.48. The molecule has 7 rings (SSSR count). The van der Waals surface area contributed by atoms with Gasteiger partial charge in [0.1, 0.15) is 12.1 Å². The van der Waals surface area contributed by atoms with E-state index in [1.807, 2.05) is 24.6 Å². The van der Waals surface area contributed by atoms with Gasteiger partial charge in [-0.05, 0) is 80.7 Å². The van der Waals surface area contributed by atoms with E-state index in [4.69, 9.17) is 19.4 Å². The van der Waals surface area contributed by atoms with Crippen LogP contribution >= 0.6 is 11.3 Å². The van der Waals surface area contributed by atoms with E-state index in [1.54, 1.807) is 7.11 Å². The fourth-order valence-electron chi connectivity index (χ4n) is 8.76. The van der Waals surface area contributed by atoms with Gasteiger partial charge in [0.15, 0.2) is 0 Å². The number of methoxy groups -OCH3 is 1. The summed E-state index contributed by atoms with van der Waals surface area (Å²) in [5.41, 5.74) is 9.70. The number of ether oxygens (including phenoxy) is 2. The van der Waals surface area contributed by atoms with E-state index in [9.17, 15) is 14.4 Å². The quantitative estimate of drug-likeness (QED) is 0.199. The number of aromatic nitrogens is 3. The van der Waals surface area contributed by atoms with E-state index in [-0.39, 0.29) is 48.8 Å². The Morgan fingerprint density at radius 2 is 2.00 bits per heavy atom. The molecule has 12 heteroatoms. The molecule has 4 aromatic rings. The van der Waals surface area contributed by atoms with Crippen LogP contribution in [0.4, 0.5) is 0 Å². The molecule has 2 N–H and O–H groups in total. The van der Waals surface area contributed by atoms with Crippen molar-refractivity contribution < 1.29 is 23.9 Å². The zero-order valence-corrected chi connectivity index (χ0v) is 33.6. The third kappa shape index (κ3) is 7.32. The number of carbonyl (C=O) groups is 3. The lowest BCUT2D eigenvalue weighted by molar-refractivity contribution is -0.155. The van der Waals surface area contributed by atoms with Gasteiger partial charge >= 0.3 is 5.97 Å². The largest absolute Gasteiger partial charge is 0.464 e. The van der Waals surface area contributed by atoms with Crippen molar-refractivity contribution in [2.24, 2.45) is 29.1 Å². The van der Waals surface area contributed by atoms with Crippen LogP contribution in [0.5, 0.6) is 0 Å². The molecule has 1 unspecified atom stereocenters. The number of nitrogens with one attached hydrogen (secondary N) is 2. The molecule has 6 bridgehead atoms. The van der Waals surface area contributed by atoms with Gasteiger partial charge in [-0.3, -0.25) is 24.4 Å². The van der Waals surface area contributed by atoms with Crippen LogP contribution < -0.4 is 10.7 Å². The van der Waals surface area contributed by atoms with Gasteiger partial charge in [-0.2, -0.15) is 0 Å². The average molecular weight is 755 g/mol. The zero-order valence-electron chi connectivity index (χ0n) is 32.8.